The number of nitrogens with two attached hydrogens (primary N) is 1. The summed E-state index contributed by atoms with van der Waals surface area (Å²) in [5, 5.41) is 0. The fraction of sp³-hybridized carbons (Fsp3) is 0.364. The first-order valence-electron chi connectivity index (χ1n) is 9.45. The minimum absolute atomic E-state index is 0.0419. The smallest absolute Gasteiger partial charge is 0.253 e. The molecule has 5 heteroatoms. The van der Waals surface area contributed by atoms with E-state index in [1.807, 2.05) is 59.5 Å². The number of hydrogen-bond acceptors (Lipinski definition) is 3. The Morgan fingerprint density at radius 2 is 1.44 bits per heavy atom. The molecule has 0 bridgehead atoms. The van der Waals surface area contributed by atoms with Gasteiger partial charge in [0.15, 0.2) is 0 Å². The summed E-state index contributed by atoms with van der Waals surface area (Å²) in [5.74, 6) is 0.131. The van der Waals surface area contributed by atoms with E-state index < -0.39 is 6.04 Å². The predicted octanol–water partition coefficient (Wildman–Crippen LogP) is 2.79. The van der Waals surface area contributed by atoms with Crippen molar-refractivity contribution in [2.45, 2.75) is 25.8 Å². The monoisotopic (exact) mass is 365 g/mol. The van der Waals surface area contributed by atoms with Crippen LogP contribution in [0.15, 0.2) is 54.6 Å². The van der Waals surface area contributed by atoms with Crippen LogP contribution in [0.5, 0.6) is 0 Å². The standard InChI is InChI=1S/C22H27N3O2/c1-16(2)17-8-10-19(11-9-17)22(27)25-14-12-24(13-15-25)20(21(23)26)18-6-4-3-5-7-18/h3-11,16,20H,12-15H2,1-2H3,(H2,23,26). The van der Waals surface area contributed by atoms with Gasteiger partial charge in [0.1, 0.15) is 6.04 Å². The average Bonchev–Trinajstić information content (AvgIpc) is 2.69. The molecule has 0 aliphatic carbocycles. The van der Waals surface area contributed by atoms with E-state index in [0.29, 0.717) is 37.7 Å². The van der Waals surface area contributed by atoms with Crippen LogP contribution in [0.4, 0.5) is 0 Å². The number of carbonyl (C=O) groups is 2. The van der Waals surface area contributed by atoms with Crippen LogP contribution in [0.2, 0.25) is 0 Å². The zero-order valence-electron chi connectivity index (χ0n) is 16.0. The van der Waals surface area contributed by atoms with Crippen LogP contribution in [0.25, 0.3) is 0 Å². The molecule has 0 radical (unpaired) electrons. The summed E-state index contributed by atoms with van der Waals surface area (Å²) in [4.78, 5) is 28.7. The van der Waals surface area contributed by atoms with Gasteiger partial charge in [0.25, 0.3) is 5.91 Å². The second kappa shape index (κ2) is 8.35. The van der Waals surface area contributed by atoms with Crippen molar-refractivity contribution in [1.82, 2.24) is 9.80 Å². The number of benzene rings is 2. The van der Waals surface area contributed by atoms with E-state index in [2.05, 4.69) is 18.7 Å². The molecule has 3 rings (SSSR count). The van der Waals surface area contributed by atoms with Crippen LogP contribution >= 0.6 is 0 Å². The molecule has 0 saturated carbocycles. The zero-order chi connectivity index (χ0) is 19.4. The molecule has 2 aromatic carbocycles. The summed E-state index contributed by atoms with van der Waals surface area (Å²) in [7, 11) is 0. The third-order valence-electron chi connectivity index (χ3n) is 5.18. The Morgan fingerprint density at radius 3 is 1.96 bits per heavy atom. The van der Waals surface area contributed by atoms with Gasteiger partial charge in [0.05, 0.1) is 0 Å². The lowest BCUT2D eigenvalue weighted by atomic mass is 10.0. The molecule has 142 valence electrons. The highest BCUT2D eigenvalue weighted by Crippen LogP contribution is 2.23. The van der Waals surface area contributed by atoms with Crippen molar-refractivity contribution >= 4 is 11.8 Å². The maximum Gasteiger partial charge on any atom is 0.253 e. The molecule has 2 amide bonds. The molecule has 27 heavy (non-hydrogen) atoms. The second-order valence-corrected chi connectivity index (χ2v) is 7.32. The van der Waals surface area contributed by atoms with E-state index in [0.717, 1.165) is 5.56 Å². The molecule has 1 atom stereocenters. The van der Waals surface area contributed by atoms with Crippen LogP contribution in [-0.4, -0.2) is 47.8 Å². The molecule has 1 fully saturated rings. The molecule has 0 spiro atoms. The van der Waals surface area contributed by atoms with Crippen molar-refractivity contribution in [2.75, 3.05) is 26.2 Å². The first-order chi connectivity index (χ1) is 13.0. The molecule has 5 nitrogen and oxygen atoms in total. The molecule has 1 heterocycles. The summed E-state index contributed by atoms with van der Waals surface area (Å²) < 4.78 is 0. The van der Waals surface area contributed by atoms with Gasteiger partial charge in [-0.1, -0.05) is 56.3 Å². The minimum Gasteiger partial charge on any atom is -0.368 e. The Balaban J connectivity index is 1.65. The number of primary amides is 1. The predicted molar refractivity (Wildman–Crippen MR) is 106 cm³/mol. The molecule has 2 N–H and O–H groups in total. The first-order valence-corrected chi connectivity index (χ1v) is 9.45. The van der Waals surface area contributed by atoms with Gasteiger partial charge in [-0.3, -0.25) is 14.5 Å². The highest BCUT2D eigenvalue weighted by Gasteiger charge is 2.30. The Kier molecular flexibility index (Phi) is 5.91. The van der Waals surface area contributed by atoms with Crippen LogP contribution in [-0.2, 0) is 4.79 Å². The lowest BCUT2D eigenvalue weighted by Crippen LogP contribution is -2.51. The van der Waals surface area contributed by atoms with Crippen LogP contribution in [0, 0.1) is 0 Å². The van der Waals surface area contributed by atoms with Crippen LogP contribution in [0.3, 0.4) is 0 Å². The van der Waals surface area contributed by atoms with E-state index >= 15 is 0 Å². The number of carbonyl (C=O) groups excluding carboxylic acids is 2. The Labute approximate surface area is 160 Å². The summed E-state index contributed by atoms with van der Waals surface area (Å²) >= 11 is 0. The summed E-state index contributed by atoms with van der Waals surface area (Å²) in [6.45, 7) is 6.69. The minimum atomic E-state index is -0.450. The quantitative estimate of drug-likeness (QED) is 0.886. The second-order valence-electron chi connectivity index (χ2n) is 7.32. The highest BCUT2D eigenvalue weighted by molar-refractivity contribution is 5.94. The molecular formula is C22H27N3O2. The largest absolute Gasteiger partial charge is 0.368 e. The summed E-state index contributed by atoms with van der Waals surface area (Å²) in [6.07, 6.45) is 0. The summed E-state index contributed by atoms with van der Waals surface area (Å²) in [6, 6.07) is 17.0. The topological polar surface area (TPSA) is 66.6 Å². The molecule has 1 unspecified atom stereocenters. The van der Waals surface area contributed by atoms with Crippen molar-refractivity contribution in [3.05, 3.63) is 71.3 Å². The van der Waals surface area contributed by atoms with E-state index in [1.165, 1.54) is 5.56 Å². The molecule has 0 aromatic heterocycles. The molecular weight excluding hydrogens is 338 g/mol. The van der Waals surface area contributed by atoms with Gasteiger partial charge in [-0.25, -0.2) is 0 Å². The van der Waals surface area contributed by atoms with Crippen molar-refractivity contribution in [1.29, 1.82) is 0 Å². The molecule has 1 aliphatic heterocycles. The maximum absolute atomic E-state index is 12.8. The van der Waals surface area contributed by atoms with Gasteiger partial charge in [-0.2, -0.15) is 0 Å². The van der Waals surface area contributed by atoms with Crippen LogP contribution < -0.4 is 5.73 Å². The number of piperazine rings is 1. The first kappa shape index (κ1) is 19.1. The highest BCUT2D eigenvalue weighted by atomic mass is 16.2. The van der Waals surface area contributed by atoms with E-state index in [-0.39, 0.29) is 11.8 Å². The van der Waals surface area contributed by atoms with Gasteiger partial charge in [-0.05, 0) is 29.2 Å². The normalized spacial score (nSPS) is 16.3. The number of amides is 2. The fourth-order valence-corrected chi connectivity index (χ4v) is 3.57. The van der Waals surface area contributed by atoms with Gasteiger partial charge in [0.2, 0.25) is 5.91 Å². The maximum atomic E-state index is 12.8. The lowest BCUT2D eigenvalue weighted by Gasteiger charge is -2.38. The summed E-state index contributed by atoms with van der Waals surface area (Å²) in [5.41, 5.74) is 8.50. The molecule has 1 aliphatic rings. The third kappa shape index (κ3) is 4.37. The Morgan fingerprint density at radius 1 is 0.852 bits per heavy atom. The molecule has 2 aromatic rings. The zero-order valence-corrected chi connectivity index (χ0v) is 16.0. The van der Waals surface area contributed by atoms with Crippen molar-refractivity contribution < 1.29 is 9.59 Å². The fourth-order valence-electron chi connectivity index (χ4n) is 3.57. The number of hydrogen-bond donors (Lipinski definition) is 1. The van der Waals surface area contributed by atoms with Gasteiger partial charge in [0, 0.05) is 31.7 Å². The SMILES string of the molecule is CC(C)c1ccc(C(=O)N2CCN(C(C(N)=O)c3ccccc3)CC2)cc1. The van der Waals surface area contributed by atoms with E-state index in [1.54, 1.807) is 0 Å². The number of nitrogens with zero attached hydrogens (tertiary/aromatic N) is 2. The van der Waals surface area contributed by atoms with Gasteiger partial charge >= 0.3 is 0 Å². The van der Waals surface area contributed by atoms with Gasteiger partial charge < -0.3 is 10.6 Å². The van der Waals surface area contributed by atoms with Crippen molar-refractivity contribution in [2.24, 2.45) is 5.73 Å². The lowest BCUT2D eigenvalue weighted by molar-refractivity contribution is -0.124. The average molecular weight is 365 g/mol. The Bertz CT molecular complexity index is 779. The van der Waals surface area contributed by atoms with Gasteiger partial charge in [-0.15, -0.1) is 0 Å². The Hall–Kier alpha value is -2.66. The van der Waals surface area contributed by atoms with Crippen molar-refractivity contribution in [3.63, 3.8) is 0 Å². The van der Waals surface area contributed by atoms with E-state index in [4.69, 9.17) is 5.73 Å². The molecule has 1 saturated heterocycles. The van der Waals surface area contributed by atoms with Crippen molar-refractivity contribution in [3.8, 4) is 0 Å². The van der Waals surface area contributed by atoms with Crippen LogP contribution in [0.1, 0.15) is 47.3 Å². The number of rotatable bonds is 5. The third-order valence-corrected chi connectivity index (χ3v) is 5.18. The van der Waals surface area contributed by atoms with E-state index in [9.17, 15) is 9.59 Å².